The summed E-state index contributed by atoms with van der Waals surface area (Å²) in [7, 11) is 0. The summed E-state index contributed by atoms with van der Waals surface area (Å²) < 4.78 is 44.8. The molecule has 132 valence electrons. The Hall–Kier alpha value is -2.88. The number of alkyl halides is 3. The fourth-order valence-corrected chi connectivity index (χ4v) is 3.05. The number of hydrogen-bond acceptors (Lipinski definition) is 6. The summed E-state index contributed by atoms with van der Waals surface area (Å²) in [6.07, 6.45) is -2.53. The zero-order valence-electron chi connectivity index (χ0n) is 13.0. The Kier molecular flexibility index (Phi) is 4.11. The van der Waals surface area contributed by atoms with Crippen LogP contribution < -0.4 is 0 Å². The van der Waals surface area contributed by atoms with Crippen molar-refractivity contribution in [2.75, 3.05) is 0 Å². The molecule has 0 bridgehead atoms. The van der Waals surface area contributed by atoms with Crippen LogP contribution in [0.1, 0.15) is 11.5 Å². The average Bonchev–Trinajstić information content (AvgIpc) is 3.26. The van der Waals surface area contributed by atoms with Crippen LogP contribution in [0.3, 0.4) is 0 Å². The van der Waals surface area contributed by atoms with Gasteiger partial charge < -0.3 is 4.52 Å². The summed E-state index contributed by atoms with van der Waals surface area (Å²) in [5.41, 5.74) is 0.455. The lowest BCUT2D eigenvalue weighted by Gasteiger charge is -2.05. The predicted molar refractivity (Wildman–Crippen MR) is 87.3 cm³/mol. The minimum Gasteiger partial charge on any atom is -0.338 e. The van der Waals surface area contributed by atoms with Crippen molar-refractivity contribution in [1.82, 2.24) is 24.7 Å². The van der Waals surface area contributed by atoms with Crippen molar-refractivity contribution in [3.8, 4) is 11.4 Å². The van der Waals surface area contributed by atoms with Crippen molar-refractivity contribution in [1.29, 1.82) is 0 Å². The standard InChI is InChI=1S/C16H10F3N5OS/c17-16(18,19)11-6-4-10(5-7-11)14-20-13(25-23-14)9-26-15-22-21-12-3-1-2-8-24(12)15/h1-8H,9H2. The Balaban J connectivity index is 1.48. The molecule has 10 heteroatoms. The highest BCUT2D eigenvalue weighted by Crippen LogP contribution is 2.30. The molecule has 0 saturated heterocycles. The Morgan fingerprint density at radius 1 is 1.04 bits per heavy atom. The number of nitrogens with zero attached hydrogens (tertiary/aromatic N) is 5. The van der Waals surface area contributed by atoms with Gasteiger partial charge in [0.2, 0.25) is 11.7 Å². The molecule has 26 heavy (non-hydrogen) atoms. The van der Waals surface area contributed by atoms with Crippen molar-refractivity contribution in [2.45, 2.75) is 17.1 Å². The summed E-state index contributed by atoms with van der Waals surface area (Å²) in [6.45, 7) is 0. The lowest BCUT2D eigenvalue weighted by molar-refractivity contribution is -0.137. The lowest BCUT2D eigenvalue weighted by atomic mass is 10.1. The van der Waals surface area contributed by atoms with E-state index in [1.54, 1.807) is 0 Å². The summed E-state index contributed by atoms with van der Waals surface area (Å²) in [5, 5.41) is 12.6. The summed E-state index contributed by atoms with van der Waals surface area (Å²) in [6, 6.07) is 10.2. The smallest absolute Gasteiger partial charge is 0.338 e. The highest BCUT2D eigenvalue weighted by molar-refractivity contribution is 7.98. The number of pyridine rings is 1. The third-order valence-corrected chi connectivity index (χ3v) is 4.47. The van der Waals surface area contributed by atoms with Gasteiger partial charge in [-0.25, -0.2) is 0 Å². The topological polar surface area (TPSA) is 69.1 Å². The molecule has 4 rings (SSSR count). The third kappa shape index (κ3) is 3.27. The number of benzene rings is 1. The highest BCUT2D eigenvalue weighted by atomic mass is 32.2. The second-order valence-corrected chi connectivity index (χ2v) is 6.23. The van der Waals surface area contributed by atoms with Crippen LogP contribution in [0.4, 0.5) is 13.2 Å². The van der Waals surface area contributed by atoms with E-state index in [0.717, 1.165) is 17.8 Å². The minimum atomic E-state index is -4.38. The van der Waals surface area contributed by atoms with Crippen LogP contribution in [0.15, 0.2) is 58.3 Å². The second kappa shape index (κ2) is 6.45. The number of aromatic nitrogens is 5. The molecule has 0 saturated carbocycles. The van der Waals surface area contributed by atoms with Crippen molar-refractivity contribution in [3.05, 3.63) is 60.1 Å². The van der Waals surface area contributed by atoms with Gasteiger partial charge in [0.1, 0.15) is 0 Å². The molecule has 0 amide bonds. The van der Waals surface area contributed by atoms with Gasteiger partial charge in [0.25, 0.3) is 0 Å². The molecule has 3 aromatic heterocycles. The first-order chi connectivity index (χ1) is 12.5. The van der Waals surface area contributed by atoms with Crippen LogP contribution in [0.25, 0.3) is 17.0 Å². The maximum absolute atomic E-state index is 12.6. The van der Waals surface area contributed by atoms with Gasteiger partial charge in [0, 0.05) is 11.8 Å². The Morgan fingerprint density at radius 3 is 2.62 bits per heavy atom. The monoisotopic (exact) mass is 377 g/mol. The van der Waals surface area contributed by atoms with Crippen LogP contribution in [0, 0.1) is 0 Å². The number of rotatable bonds is 4. The zero-order chi connectivity index (χ0) is 18.1. The van der Waals surface area contributed by atoms with Gasteiger partial charge in [-0.15, -0.1) is 10.2 Å². The quantitative estimate of drug-likeness (QED) is 0.499. The van der Waals surface area contributed by atoms with E-state index in [0.29, 0.717) is 22.4 Å². The van der Waals surface area contributed by atoms with Crippen molar-refractivity contribution in [2.24, 2.45) is 0 Å². The second-order valence-electron chi connectivity index (χ2n) is 5.29. The van der Waals surface area contributed by atoms with Crippen LogP contribution in [0.2, 0.25) is 0 Å². The largest absolute Gasteiger partial charge is 0.416 e. The summed E-state index contributed by atoms with van der Waals surface area (Å²) >= 11 is 1.37. The normalized spacial score (nSPS) is 12.0. The van der Waals surface area contributed by atoms with Crippen molar-refractivity contribution in [3.63, 3.8) is 0 Å². The average molecular weight is 377 g/mol. The maximum Gasteiger partial charge on any atom is 0.416 e. The first kappa shape index (κ1) is 16.6. The fourth-order valence-electron chi connectivity index (χ4n) is 2.28. The fraction of sp³-hybridized carbons (Fsp3) is 0.125. The van der Waals surface area contributed by atoms with Crippen LogP contribution in [-0.2, 0) is 11.9 Å². The van der Waals surface area contributed by atoms with Crippen LogP contribution in [0.5, 0.6) is 0 Å². The van der Waals surface area contributed by atoms with Gasteiger partial charge in [-0.1, -0.05) is 35.1 Å². The Morgan fingerprint density at radius 2 is 1.85 bits per heavy atom. The Bertz CT molecular complexity index is 1040. The van der Waals surface area contributed by atoms with Crippen LogP contribution >= 0.6 is 11.8 Å². The number of thioether (sulfide) groups is 1. The molecule has 0 aliphatic carbocycles. The van der Waals surface area contributed by atoms with Gasteiger partial charge >= 0.3 is 6.18 Å². The molecule has 4 aromatic rings. The van der Waals surface area contributed by atoms with E-state index in [-0.39, 0.29) is 5.82 Å². The summed E-state index contributed by atoms with van der Waals surface area (Å²) in [4.78, 5) is 4.21. The lowest BCUT2D eigenvalue weighted by Crippen LogP contribution is -2.04. The molecule has 0 radical (unpaired) electrons. The number of halogens is 3. The van der Waals surface area contributed by atoms with Crippen molar-refractivity contribution < 1.29 is 17.7 Å². The Labute approximate surface area is 149 Å². The van der Waals surface area contributed by atoms with Crippen molar-refractivity contribution >= 4 is 17.4 Å². The van der Waals surface area contributed by atoms with Gasteiger partial charge in [0.05, 0.1) is 11.3 Å². The van der Waals surface area contributed by atoms with E-state index in [4.69, 9.17) is 4.52 Å². The van der Waals surface area contributed by atoms with E-state index in [2.05, 4.69) is 20.3 Å². The van der Waals surface area contributed by atoms with Gasteiger partial charge in [-0.05, 0) is 24.3 Å². The number of fused-ring (bicyclic) bond motifs is 1. The SMILES string of the molecule is FC(F)(F)c1ccc(-c2noc(CSc3nnc4ccccn34)n2)cc1. The molecule has 1 aromatic carbocycles. The van der Waals surface area contributed by atoms with Gasteiger partial charge in [-0.3, -0.25) is 4.40 Å². The molecule has 0 aliphatic heterocycles. The summed E-state index contributed by atoms with van der Waals surface area (Å²) in [5.74, 6) is 0.946. The molecule has 0 N–H and O–H groups in total. The number of hydrogen-bond donors (Lipinski definition) is 0. The highest BCUT2D eigenvalue weighted by Gasteiger charge is 2.30. The van der Waals surface area contributed by atoms with E-state index in [1.807, 2.05) is 28.8 Å². The molecular weight excluding hydrogens is 367 g/mol. The molecule has 0 fully saturated rings. The third-order valence-electron chi connectivity index (χ3n) is 3.55. The molecule has 0 spiro atoms. The van der Waals surface area contributed by atoms with E-state index in [9.17, 15) is 13.2 Å². The molecular formula is C16H10F3N5OS. The van der Waals surface area contributed by atoms with Crippen LogP contribution in [-0.4, -0.2) is 24.7 Å². The maximum atomic E-state index is 12.6. The molecule has 0 aliphatic rings. The first-order valence-electron chi connectivity index (χ1n) is 7.43. The minimum absolute atomic E-state index is 0.237. The first-order valence-corrected chi connectivity index (χ1v) is 8.42. The molecule has 0 atom stereocenters. The van der Waals surface area contributed by atoms with E-state index in [1.165, 1.54) is 23.9 Å². The molecule has 3 heterocycles. The molecule has 6 nitrogen and oxygen atoms in total. The van der Waals surface area contributed by atoms with Gasteiger partial charge in [-0.2, -0.15) is 18.2 Å². The van der Waals surface area contributed by atoms with E-state index < -0.39 is 11.7 Å². The van der Waals surface area contributed by atoms with Gasteiger partial charge in [0.15, 0.2) is 10.8 Å². The zero-order valence-corrected chi connectivity index (χ0v) is 13.8. The predicted octanol–water partition coefficient (Wildman–Crippen LogP) is 4.09. The molecule has 0 unspecified atom stereocenters. The van der Waals surface area contributed by atoms with E-state index >= 15 is 0 Å².